The number of rotatable bonds is 5. The third-order valence-electron chi connectivity index (χ3n) is 5.27. The number of nitrogens with zero attached hydrogens (tertiary/aromatic N) is 3. The molecule has 0 spiro atoms. The van der Waals surface area contributed by atoms with E-state index in [0.29, 0.717) is 11.7 Å². The SMILES string of the molecule is S=C1N[C@@H](c2ccccn2)[C@@H](c2cccn2-c2cccc(Br)c2)N1Cc1ccco1. The number of halogens is 1. The van der Waals surface area contributed by atoms with Crippen LogP contribution in [0, 0.1) is 0 Å². The van der Waals surface area contributed by atoms with Crippen molar-refractivity contribution in [3.63, 3.8) is 0 Å². The number of thiocarbonyl (C=S) groups is 1. The lowest BCUT2D eigenvalue weighted by atomic mass is 10.0. The summed E-state index contributed by atoms with van der Waals surface area (Å²) in [6.07, 6.45) is 5.59. The molecule has 150 valence electrons. The quantitative estimate of drug-likeness (QED) is 0.389. The van der Waals surface area contributed by atoms with Gasteiger partial charge in [0, 0.05) is 28.2 Å². The first kappa shape index (κ1) is 19.1. The third kappa shape index (κ3) is 3.55. The second kappa shape index (κ2) is 8.08. The zero-order chi connectivity index (χ0) is 20.5. The van der Waals surface area contributed by atoms with Crippen molar-refractivity contribution in [3.8, 4) is 5.69 Å². The highest BCUT2D eigenvalue weighted by Crippen LogP contribution is 2.40. The first-order valence-electron chi connectivity index (χ1n) is 9.64. The Bertz CT molecular complexity index is 1160. The van der Waals surface area contributed by atoms with E-state index in [4.69, 9.17) is 16.6 Å². The molecule has 0 amide bonds. The van der Waals surface area contributed by atoms with Gasteiger partial charge < -0.3 is 19.2 Å². The van der Waals surface area contributed by atoms with Crippen molar-refractivity contribution in [1.82, 2.24) is 19.8 Å². The van der Waals surface area contributed by atoms with E-state index >= 15 is 0 Å². The van der Waals surface area contributed by atoms with Gasteiger partial charge in [-0.25, -0.2) is 0 Å². The van der Waals surface area contributed by atoms with Gasteiger partial charge in [-0.2, -0.15) is 0 Å². The zero-order valence-corrected chi connectivity index (χ0v) is 18.4. The van der Waals surface area contributed by atoms with Crippen molar-refractivity contribution >= 4 is 33.3 Å². The highest BCUT2D eigenvalue weighted by Gasteiger charge is 2.41. The first-order chi connectivity index (χ1) is 14.7. The number of aromatic nitrogens is 2. The van der Waals surface area contributed by atoms with Crippen molar-refractivity contribution in [1.29, 1.82) is 0 Å². The molecule has 4 aromatic rings. The summed E-state index contributed by atoms with van der Waals surface area (Å²) in [7, 11) is 0. The van der Waals surface area contributed by atoms with Crippen LogP contribution in [0.15, 0.2) is 94.3 Å². The van der Waals surface area contributed by atoms with E-state index in [2.05, 4.69) is 66.2 Å². The highest BCUT2D eigenvalue weighted by atomic mass is 79.9. The molecule has 1 saturated heterocycles. The van der Waals surface area contributed by atoms with Crippen molar-refractivity contribution in [2.75, 3.05) is 0 Å². The van der Waals surface area contributed by atoms with Crippen molar-refractivity contribution < 1.29 is 4.42 Å². The average Bonchev–Trinajstić information content (AvgIpc) is 3.50. The molecule has 2 atom stereocenters. The summed E-state index contributed by atoms with van der Waals surface area (Å²) in [4.78, 5) is 6.79. The molecular formula is C23H19BrN4OS. The largest absolute Gasteiger partial charge is 0.467 e. The van der Waals surface area contributed by atoms with Crippen LogP contribution in [-0.2, 0) is 6.54 Å². The van der Waals surface area contributed by atoms with E-state index < -0.39 is 0 Å². The molecule has 1 fully saturated rings. The van der Waals surface area contributed by atoms with Crippen LogP contribution in [0.4, 0.5) is 0 Å². The monoisotopic (exact) mass is 478 g/mol. The molecule has 5 nitrogen and oxygen atoms in total. The van der Waals surface area contributed by atoms with Crippen molar-refractivity contribution in [3.05, 3.63) is 107 Å². The van der Waals surface area contributed by atoms with Crippen LogP contribution in [0.1, 0.15) is 29.2 Å². The summed E-state index contributed by atoms with van der Waals surface area (Å²) in [5, 5.41) is 4.18. The molecule has 1 aliphatic rings. The smallest absolute Gasteiger partial charge is 0.170 e. The lowest BCUT2D eigenvalue weighted by Crippen LogP contribution is -2.29. The Labute approximate surface area is 188 Å². The van der Waals surface area contributed by atoms with Crippen LogP contribution < -0.4 is 5.32 Å². The van der Waals surface area contributed by atoms with Crippen LogP contribution in [0.25, 0.3) is 5.69 Å². The Morgan fingerprint density at radius 3 is 2.77 bits per heavy atom. The minimum atomic E-state index is -0.0746. The fourth-order valence-corrected chi connectivity index (χ4v) is 4.66. The summed E-state index contributed by atoms with van der Waals surface area (Å²) in [6, 6.07) is 22.2. The van der Waals surface area contributed by atoms with E-state index in [1.165, 1.54) is 0 Å². The van der Waals surface area contributed by atoms with Gasteiger partial charge in [0.05, 0.1) is 30.6 Å². The molecule has 5 rings (SSSR count). The average molecular weight is 479 g/mol. The van der Waals surface area contributed by atoms with Gasteiger partial charge in [0.15, 0.2) is 5.11 Å². The summed E-state index contributed by atoms with van der Waals surface area (Å²) in [5.74, 6) is 0.867. The molecule has 1 aliphatic heterocycles. The van der Waals surface area contributed by atoms with E-state index in [1.807, 2.05) is 48.7 Å². The predicted molar refractivity (Wildman–Crippen MR) is 123 cm³/mol. The summed E-state index contributed by atoms with van der Waals surface area (Å²) in [6.45, 7) is 0.580. The van der Waals surface area contributed by atoms with Gasteiger partial charge in [-0.1, -0.05) is 28.1 Å². The topological polar surface area (TPSA) is 46.2 Å². The van der Waals surface area contributed by atoms with Gasteiger partial charge in [-0.15, -0.1) is 0 Å². The normalized spacial score (nSPS) is 18.6. The van der Waals surface area contributed by atoms with Gasteiger partial charge in [0.2, 0.25) is 0 Å². The second-order valence-electron chi connectivity index (χ2n) is 7.12. The van der Waals surface area contributed by atoms with E-state index in [9.17, 15) is 0 Å². The minimum absolute atomic E-state index is 0.0496. The van der Waals surface area contributed by atoms with Gasteiger partial charge in [0.1, 0.15) is 5.76 Å². The van der Waals surface area contributed by atoms with Gasteiger partial charge >= 0.3 is 0 Å². The molecule has 4 heterocycles. The Balaban J connectivity index is 1.61. The van der Waals surface area contributed by atoms with Gasteiger partial charge in [-0.3, -0.25) is 4.98 Å². The number of benzene rings is 1. The highest BCUT2D eigenvalue weighted by molar-refractivity contribution is 9.10. The van der Waals surface area contributed by atoms with Crippen LogP contribution in [0.3, 0.4) is 0 Å². The molecule has 0 unspecified atom stereocenters. The minimum Gasteiger partial charge on any atom is -0.467 e. The Kier molecular flexibility index (Phi) is 5.14. The molecule has 1 aromatic carbocycles. The third-order valence-corrected chi connectivity index (χ3v) is 6.12. The van der Waals surface area contributed by atoms with Crippen LogP contribution in [0.5, 0.6) is 0 Å². The maximum Gasteiger partial charge on any atom is 0.170 e. The maximum atomic E-state index is 5.75. The van der Waals surface area contributed by atoms with Crippen LogP contribution in [-0.4, -0.2) is 19.6 Å². The van der Waals surface area contributed by atoms with Crippen molar-refractivity contribution in [2.45, 2.75) is 18.6 Å². The lowest BCUT2D eigenvalue weighted by molar-refractivity contribution is 0.280. The first-order valence-corrected chi connectivity index (χ1v) is 10.8. The van der Waals surface area contributed by atoms with E-state index in [-0.39, 0.29) is 12.1 Å². The molecule has 0 bridgehead atoms. The molecular weight excluding hydrogens is 460 g/mol. The fraction of sp³-hybridized carbons (Fsp3) is 0.130. The van der Waals surface area contributed by atoms with E-state index in [0.717, 1.165) is 27.3 Å². The van der Waals surface area contributed by atoms with Crippen LogP contribution >= 0.6 is 28.1 Å². The Morgan fingerprint density at radius 1 is 1.07 bits per heavy atom. The Morgan fingerprint density at radius 2 is 2.00 bits per heavy atom. The molecule has 3 aromatic heterocycles. The number of hydrogen-bond acceptors (Lipinski definition) is 3. The number of pyridine rings is 1. The molecule has 0 aliphatic carbocycles. The fourth-order valence-electron chi connectivity index (χ4n) is 3.96. The molecule has 0 saturated carbocycles. The predicted octanol–water partition coefficient (Wildman–Crippen LogP) is 5.40. The van der Waals surface area contributed by atoms with Gasteiger partial charge in [0.25, 0.3) is 0 Å². The van der Waals surface area contributed by atoms with Gasteiger partial charge in [-0.05, 0) is 66.8 Å². The summed E-state index contributed by atoms with van der Waals surface area (Å²) in [5.41, 5.74) is 3.16. The molecule has 1 N–H and O–H groups in total. The lowest BCUT2D eigenvalue weighted by Gasteiger charge is -2.28. The zero-order valence-electron chi connectivity index (χ0n) is 16.0. The standard InChI is InChI=1S/C23H19BrN4OS/c24-16-6-3-7-17(14-16)27-12-4-10-20(27)22-21(19-9-1-2-11-25-19)26-23(30)28(22)15-18-8-5-13-29-18/h1-14,21-22H,15H2,(H,26,30)/t21-,22+/m0/s1. The maximum absolute atomic E-state index is 5.75. The number of hydrogen-bond donors (Lipinski definition) is 1. The molecule has 7 heteroatoms. The van der Waals surface area contributed by atoms with Crippen LogP contribution in [0.2, 0.25) is 0 Å². The van der Waals surface area contributed by atoms with Crippen molar-refractivity contribution in [2.24, 2.45) is 0 Å². The Hall–Kier alpha value is -2.90. The molecule has 30 heavy (non-hydrogen) atoms. The summed E-state index contributed by atoms with van der Waals surface area (Å²) < 4.78 is 8.86. The van der Waals surface area contributed by atoms with E-state index in [1.54, 1.807) is 6.26 Å². The summed E-state index contributed by atoms with van der Waals surface area (Å²) >= 11 is 9.34. The number of nitrogens with one attached hydrogen (secondary N) is 1. The number of furan rings is 1. The molecule has 0 radical (unpaired) electrons. The second-order valence-corrected chi connectivity index (χ2v) is 8.42.